The molecule has 2 aromatic carbocycles. The summed E-state index contributed by atoms with van der Waals surface area (Å²) < 4.78 is 51.0. The molecule has 10 nitrogen and oxygen atoms in total. The van der Waals surface area contributed by atoms with Crippen molar-refractivity contribution < 1.29 is 46.7 Å². The van der Waals surface area contributed by atoms with Crippen LogP contribution in [0.15, 0.2) is 41.9 Å². The predicted octanol–water partition coefficient (Wildman–Crippen LogP) is 7.81. The van der Waals surface area contributed by atoms with E-state index in [0.29, 0.717) is 28.2 Å². The third-order valence-electron chi connectivity index (χ3n) is 6.23. The Hall–Kier alpha value is -3.17. The second kappa shape index (κ2) is 10.3. The highest BCUT2D eigenvalue weighted by Gasteiger charge is 2.39. The Balaban J connectivity index is 1.54. The number of benzene rings is 2. The second-order valence-corrected chi connectivity index (χ2v) is 12.8. The van der Waals surface area contributed by atoms with Gasteiger partial charge in [-0.15, -0.1) is 0 Å². The van der Waals surface area contributed by atoms with Crippen LogP contribution in [0.4, 0.5) is 0 Å². The zero-order valence-electron chi connectivity index (χ0n) is 23.1. The maximum absolute atomic E-state index is 12.8. The molecule has 218 valence electrons. The second-order valence-electron chi connectivity index (χ2n) is 10.4. The standard InChI is InChI=1S/C28H27Cl2O10P/c1-14-15(2)40-41(33,39-14)34-9-7-8-18(16-10-19-23(21(29)12-16)35-27(3,4)37-25(19)31)17-11-20-24(22(30)13-17)36-28(5,6)38-26(20)32/h8,10-13H,7,9H2,1-6H3. The number of ether oxygens (including phenoxy) is 4. The predicted molar refractivity (Wildman–Crippen MR) is 149 cm³/mol. The molecular weight excluding hydrogens is 598 g/mol. The van der Waals surface area contributed by atoms with Crippen LogP contribution in [0.3, 0.4) is 0 Å². The van der Waals surface area contributed by atoms with Crippen LogP contribution >= 0.6 is 31.0 Å². The lowest BCUT2D eigenvalue weighted by molar-refractivity contribution is -0.128. The first-order valence-electron chi connectivity index (χ1n) is 12.6. The maximum atomic E-state index is 12.8. The average molecular weight is 625 g/mol. The number of phosphoric acid groups is 1. The van der Waals surface area contributed by atoms with E-state index in [9.17, 15) is 14.2 Å². The first-order valence-corrected chi connectivity index (χ1v) is 14.8. The van der Waals surface area contributed by atoms with E-state index in [1.54, 1.807) is 71.9 Å². The first-order chi connectivity index (χ1) is 19.1. The number of phosphoric ester groups is 1. The highest BCUT2D eigenvalue weighted by molar-refractivity contribution is 7.49. The fraction of sp³-hybridized carbons (Fsp3) is 0.357. The summed E-state index contributed by atoms with van der Waals surface area (Å²) in [6.07, 6.45) is 1.97. The summed E-state index contributed by atoms with van der Waals surface area (Å²) in [6, 6.07) is 6.38. The van der Waals surface area contributed by atoms with Crippen molar-refractivity contribution in [2.45, 2.75) is 59.5 Å². The zero-order valence-corrected chi connectivity index (χ0v) is 25.5. The molecule has 0 spiro atoms. The number of halogens is 2. The molecule has 0 saturated carbocycles. The van der Waals surface area contributed by atoms with Gasteiger partial charge in [0.05, 0.1) is 16.7 Å². The number of allylic oxidation sites excluding steroid dienone is 2. The molecular formula is C28H27Cl2O10P. The number of hydrogen-bond donors (Lipinski definition) is 0. The van der Waals surface area contributed by atoms with Gasteiger partial charge >= 0.3 is 19.8 Å². The minimum Gasteiger partial charge on any atom is -0.450 e. The minimum absolute atomic E-state index is 0.0443. The molecule has 0 N–H and O–H groups in total. The van der Waals surface area contributed by atoms with Crippen molar-refractivity contribution in [3.63, 3.8) is 0 Å². The number of carbonyl (C=O) groups is 2. The molecule has 5 rings (SSSR count). The summed E-state index contributed by atoms with van der Waals surface area (Å²) in [5.41, 5.74) is 1.75. The van der Waals surface area contributed by atoms with Gasteiger partial charge in [-0.05, 0) is 61.2 Å². The van der Waals surface area contributed by atoms with E-state index in [4.69, 9.17) is 55.7 Å². The van der Waals surface area contributed by atoms with E-state index in [1.165, 1.54) is 0 Å². The van der Waals surface area contributed by atoms with Crippen LogP contribution in [-0.2, 0) is 27.6 Å². The molecule has 0 atom stereocenters. The lowest BCUT2D eigenvalue weighted by Gasteiger charge is -2.33. The Labute approximate surface area is 246 Å². The molecule has 41 heavy (non-hydrogen) atoms. The van der Waals surface area contributed by atoms with Crippen molar-refractivity contribution in [2.75, 3.05) is 6.61 Å². The fourth-order valence-corrected chi connectivity index (χ4v) is 6.32. The van der Waals surface area contributed by atoms with E-state index in [1.807, 2.05) is 0 Å². The van der Waals surface area contributed by atoms with Gasteiger partial charge in [0.15, 0.2) is 11.5 Å². The Kier molecular flexibility index (Phi) is 7.35. The van der Waals surface area contributed by atoms with Gasteiger partial charge in [0.2, 0.25) is 11.6 Å². The molecule has 0 bridgehead atoms. The molecule has 0 aromatic heterocycles. The van der Waals surface area contributed by atoms with Gasteiger partial charge < -0.3 is 28.0 Å². The van der Waals surface area contributed by atoms with Crippen molar-refractivity contribution in [2.24, 2.45) is 0 Å². The molecule has 3 aliphatic rings. The van der Waals surface area contributed by atoms with Gasteiger partial charge in [-0.3, -0.25) is 4.52 Å². The van der Waals surface area contributed by atoms with E-state index in [-0.39, 0.29) is 45.7 Å². The summed E-state index contributed by atoms with van der Waals surface area (Å²) in [7, 11) is -3.78. The highest BCUT2D eigenvalue weighted by Crippen LogP contribution is 2.58. The molecule has 0 amide bonds. The van der Waals surface area contributed by atoms with Crippen molar-refractivity contribution >= 4 is 48.5 Å². The Bertz CT molecular complexity index is 1490. The van der Waals surface area contributed by atoms with E-state index in [2.05, 4.69) is 0 Å². The third kappa shape index (κ3) is 5.93. The quantitative estimate of drug-likeness (QED) is 0.179. The molecule has 0 aliphatic carbocycles. The number of esters is 2. The van der Waals surface area contributed by atoms with Gasteiger partial charge in [0.25, 0.3) is 0 Å². The molecule has 0 unspecified atom stereocenters. The molecule has 0 fully saturated rings. The van der Waals surface area contributed by atoms with Crippen LogP contribution in [0.25, 0.3) is 5.57 Å². The van der Waals surface area contributed by atoms with Crippen LogP contribution in [0, 0.1) is 0 Å². The largest absolute Gasteiger partial charge is 0.587 e. The molecule has 2 aromatic rings. The van der Waals surface area contributed by atoms with Crippen molar-refractivity contribution in [3.05, 3.63) is 74.2 Å². The van der Waals surface area contributed by atoms with Crippen molar-refractivity contribution in [1.29, 1.82) is 0 Å². The third-order valence-corrected chi connectivity index (χ3v) is 8.29. The molecule has 0 saturated heterocycles. The normalized spacial score (nSPS) is 19.4. The number of cyclic esters (lactones) is 2. The van der Waals surface area contributed by atoms with Crippen LogP contribution < -0.4 is 9.47 Å². The van der Waals surface area contributed by atoms with Crippen LogP contribution in [0.1, 0.15) is 79.8 Å². The number of fused-ring (bicyclic) bond motifs is 2. The summed E-state index contributed by atoms with van der Waals surface area (Å²) in [6.45, 7) is 9.61. The van der Waals surface area contributed by atoms with Crippen LogP contribution in [0.5, 0.6) is 11.5 Å². The monoisotopic (exact) mass is 624 g/mol. The lowest BCUT2D eigenvalue weighted by atomic mass is 9.93. The maximum Gasteiger partial charge on any atom is 0.587 e. The van der Waals surface area contributed by atoms with Gasteiger partial charge in [-0.2, -0.15) is 0 Å². The smallest absolute Gasteiger partial charge is 0.450 e. The van der Waals surface area contributed by atoms with Crippen LogP contribution in [-0.4, -0.2) is 30.1 Å². The lowest BCUT2D eigenvalue weighted by Crippen LogP contribution is -2.39. The SMILES string of the molecule is CC1=C(C)OP(=O)(OCCC=C(c2cc(Cl)c3c(c2)C(=O)OC(C)(C)O3)c2cc(Cl)c3c(c2)C(=O)OC(C)(C)O3)O1. The minimum atomic E-state index is -3.78. The van der Waals surface area contributed by atoms with E-state index < -0.39 is 31.3 Å². The van der Waals surface area contributed by atoms with E-state index >= 15 is 0 Å². The van der Waals surface area contributed by atoms with E-state index in [0.717, 1.165) is 0 Å². The summed E-state index contributed by atoms with van der Waals surface area (Å²) in [4.78, 5) is 25.7. The summed E-state index contributed by atoms with van der Waals surface area (Å²) in [5.74, 6) is -2.48. The molecule has 3 heterocycles. The van der Waals surface area contributed by atoms with Crippen molar-refractivity contribution in [3.8, 4) is 11.5 Å². The Morgan fingerprint density at radius 2 is 1.24 bits per heavy atom. The van der Waals surface area contributed by atoms with Gasteiger partial charge in [0, 0.05) is 27.7 Å². The fourth-order valence-electron chi connectivity index (χ4n) is 4.40. The van der Waals surface area contributed by atoms with Gasteiger partial charge in [-0.25, -0.2) is 14.2 Å². The Morgan fingerprint density at radius 3 is 1.68 bits per heavy atom. The highest BCUT2D eigenvalue weighted by atomic mass is 35.5. The molecule has 0 radical (unpaired) electrons. The van der Waals surface area contributed by atoms with Gasteiger partial charge in [-0.1, -0.05) is 29.3 Å². The first kappa shape index (κ1) is 29.3. The topological polar surface area (TPSA) is 116 Å². The number of rotatable bonds is 6. The number of hydrogen-bond acceptors (Lipinski definition) is 10. The Morgan fingerprint density at radius 1 is 0.805 bits per heavy atom. The van der Waals surface area contributed by atoms with Crippen LogP contribution in [0.2, 0.25) is 10.0 Å². The zero-order chi connectivity index (χ0) is 29.9. The van der Waals surface area contributed by atoms with Gasteiger partial charge in [0.1, 0.15) is 22.6 Å². The van der Waals surface area contributed by atoms with Crippen molar-refractivity contribution in [1.82, 2.24) is 0 Å². The molecule has 3 aliphatic heterocycles. The molecule has 13 heteroatoms. The average Bonchev–Trinajstić information content (AvgIpc) is 3.10. The number of carbonyl (C=O) groups excluding carboxylic acids is 2. The summed E-state index contributed by atoms with van der Waals surface area (Å²) in [5, 5.41) is 0.347. The summed E-state index contributed by atoms with van der Waals surface area (Å²) >= 11 is 13.2.